The lowest BCUT2D eigenvalue weighted by Crippen LogP contribution is -2.30. The number of rotatable bonds is 12. The summed E-state index contributed by atoms with van der Waals surface area (Å²) in [6, 6.07) is 0. The van der Waals surface area contributed by atoms with Crippen molar-refractivity contribution in [2.75, 3.05) is 12.9 Å². The molecule has 1 heterocycles. The Kier molecular flexibility index (Phi) is 13.5. The fourth-order valence-electron chi connectivity index (χ4n) is 3.15. The SMILES string of the molecule is CSS[C@H](C)OC1C[C@H](C2=C\C=C/C=C\C=C/C=C\C=C2)O[C@@H]1COP(=O)(O)OP(=O)(O)OP(=O)(O)O. The van der Waals surface area contributed by atoms with Gasteiger partial charge in [0.1, 0.15) is 11.5 Å². The van der Waals surface area contributed by atoms with E-state index in [0.29, 0.717) is 6.42 Å². The quantitative estimate of drug-likeness (QED) is 0.131. The second-order valence-electron chi connectivity index (χ2n) is 7.36. The largest absolute Gasteiger partial charge is 0.490 e. The van der Waals surface area contributed by atoms with Crippen LogP contribution in [0.2, 0.25) is 0 Å². The molecule has 1 aliphatic carbocycles. The maximum Gasteiger partial charge on any atom is 0.490 e. The van der Waals surface area contributed by atoms with Gasteiger partial charge in [-0.2, -0.15) is 8.62 Å². The third kappa shape index (κ3) is 13.4. The van der Waals surface area contributed by atoms with E-state index in [9.17, 15) is 23.5 Å². The monoisotopic (exact) mass is 618 g/mol. The molecule has 1 fully saturated rings. The van der Waals surface area contributed by atoms with Crippen LogP contribution in [-0.2, 0) is 36.3 Å². The van der Waals surface area contributed by atoms with Crippen molar-refractivity contribution in [3.63, 3.8) is 0 Å². The highest BCUT2D eigenvalue weighted by molar-refractivity contribution is 8.76. The first-order valence-corrected chi connectivity index (χ1v) is 17.8. The van der Waals surface area contributed by atoms with Crippen molar-refractivity contribution >= 4 is 45.1 Å². The predicted molar refractivity (Wildman–Crippen MR) is 142 cm³/mol. The highest BCUT2D eigenvalue weighted by atomic mass is 33.1. The van der Waals surface area contributed by atoms with E-state index >= 15 is 0 Å². The first-order valence-electron chi connectivity index (χ1n) is 10.6. The van der Waals surface area contributed by atoms with Crippen LogP contribution in [0.25, 0.3) is 0 Å². The maximum atomic E-state index is 12.2. The molecule has 17 heteroatoms. The molecule has 1 saturated heterocycles. The van der Waals surface area contributed by atoms with Gasteiger partial charge >= 0.3 is 23.5 Å². The summed E-state index contributed by atoms with van der Waals surface area (Å²) in [5.41, 5.74) is 0.524. The first-order chi connectivity index (χ1) is 17.3. The zero-order valence-corrected chi connectivity index (χ0v) is 24.1. The van der Waals surface area contributed by atoms with Crippen molar-refractivity contribution in [2.45, 2.75) is 37.1 Å². The van der Waals surface area contributed by atoms with Crippen molar-refractivity contribution in [3.8, 4) is 0 Å². The number of allylic oxidation sites excluding steroid dienone is 10. The van der Waals surface area contributed by atoms with Gasteiger partial charge in [-0.25, -0.2) is 13.7 Å². The molecule has 0 aromatic carbocycles. The molecule has 2 rings (SSSR count). The zero-order valence-electron chi connectivity index (χ0n) is 19.8. The van der Waals surface area contributed by atoms with Gasteiger partial charge in [-0.3, -0.25) is 4.52 Å². The van der Waals surface area contributed by atoms with Crippen LogP contribution in [0.4, 0.5) is 0 Å². The molecule has 0 bridgehead atoms. The standard InChI is InChI=1S/C20H29O12P3S2/c1-16(37-36-2)29-19-14-18(17-12-10-8-6-4-3-5-7-9-11-13-17)30-20(19)15-28-34(24,25)32-35(26,27)31-33(21,22)23/h3-13,16,18-20H,14-15H2,1-2H3,(H,24,25)(H,26,27)(H2,21,22,23)/b4-3-,5-3?,6-4?,7-5-,8-6-,9-7?,10-8?,11-9-,12-10?,13-11?,17-12?,17-13?/t16-,18-,19?,20-/m1/s1. The number of ether oxygens (including phenoxy) is 2. The van der Waals surface area contributed by atoms with E-state index in [2.05, 4.69) is 8.62 Å². The fraction of sp³-hybridized carbons (Fsp3) is 0.400. The average Bonchev–Trinajstić information content (AvgIpc) is 3.12. The Hall–Kier alpha value is -0.530. The Labute approximate surface area is 223 Å². The molecule has 2 aliphatic rings. The number of hydrogen-bond acceptors (Lipinski definition) is 10. The summed E-state index contributed by atoms with van der Waals surface area (Å²) in [4.78, 5) is 36.5. The van der Waals surface area contributed by atoms with E-state index in [4.69, 9.17) is 23.8 Å². The Balaban J connectivity index is 2.17. The van der Waals surface area contributed by atoms with E-state index in [-0.39, 0.29) is 5.44 Å². The molecule has 4 N–H and O–H groups in total. The van der Waals surface area contributed by atoms with Crippen molar-refractivity contribution in [1.82, 2.24) is 0 Å². The summed E-state index contributed by atoms with van der Waals surface area (Å²) in [5, 5.41) is 0. The van der Waals surface area contributed by atoms with Crippen LogP contribution >= 0.6 is 45.1 Å². The van der Waals surface area contributed by atoms with Crippen molar-refractivity contribution in [2.24, 2.45) is 0 Å². The van der Waals surface area contributed by atoms with E-state index in [0.717, 1.165) is 5.57 Å². The second kappa shape index (κ2) is 15.3. The summed E-state index contributed by atoms with van der Waals surface area (Å²) < 4.78 is 59.1. The van der Waals surface area contributed by atoms with Gasteiger partial charge in [0.2, 0.25) is 0 Å². The second-order valence-corrected chi connectivity index (χ2v) is 14.5. The number of hydrogen-bond donors (Lipinski definition) is 4. The maximum absolute atomic E-state index is 12.2. The van der Waals surface area contributed by atoms with Gasteiger partial charge in [0.25, 0.3) is 0 Å². The lowest BCUT2D eigenvalue weighted by molar-refractivity contribution is -0.0443. The Morgan fingerprint density at radius 1 is 0.946 bits per heavy atom. The van der Waals surface area contributed by atoms with Crippen LogP contribution in [-0.4, -0.2) is 56.2 Å². The molecule has 0 aromatic heterocycles. The third-order valence-corrected chi connectivity index (χ3v) is 10.2. The van der Waals surface area contributed by atoms with E-state index in [1.807, 2.05) is 80.0 Å². The van der Waals surface area contributed by atoms with E-state index in [1.54, 1.807) is 0 Å². The van der Waals surface area contributed by atoms with Gasteiger partial charge in [-0.1, -0.05) is 88.4 Å². The molecule has 0 amide bonds. The van der Waals surface area contributed by atoms with Gasteiger partial charge in [-0.15, -0.1) is 0 Å². The highest BCUT2D eigenvalue weighted by Gasteiger charge is 2.43. The minimum absolute atomic E-state index is 0.267. The van der Waals surface area contributed by atoms with Crippen LogP contribution in [0.15, 0.2) is 72.4 Å². The van der Waals surface area contributed by atoms with Crippen molar-refractivity contribution < 1.29 is 55.9 Å². The van der Waals surface area contributed by atoms with Crippen molar-refractivity contribution in [1.29, 1.82) is 0 Å². The van der Waals surface area contributed by atoms with Crippen LogP contribution in [0.1, 0.15) is 13.3 Å². The topological polar surface area (TPSA) is 178 Å². The van der Waals surface area contributed by atoms with Crippen molar-refractivity contribution in [3.05, 3.63) is 72.4 Å². The molecule has 0 saturated carbocycles. The Bertz CT molecular complexity index is 1080. The van der Waals surface area contributed by atoms with Gasteiger partial charge < -0.3 is 29.0 Å². The molecule has 3 unspecified atom stereocenters. The highest BCUT2D eigenvalue weighted by Crippen LogP contribution is 2.66. The molecule has 208 valence electrons. The first kappa shape index (κ1) is 32.7. The summed E-state index contributed by atoms with van der Waals surface area (Å²) in [6.07, 6.45) is 20.7. The lowest BCUT2D eigenvalue weighted by atomic mass is 10.0. The third-order valence-electron chi connectivity index (χ3n) is 4.45. The van der Waals surface area contributed by atoms with E-state index < -0.39 is 48.4 Å². The molecule has 6 atom stereocenters. The van der Waals surface area contributed by atoms with Gasteiger partial charge in [0, 0.05) is 6.42 Å². The van der Waals surface area contributed by atoms with Gasteiger partial charge in [0.05, 0.1) is 18.8 Å². The summed E-state index contributed by atoms with van der Waals surface area (Å²) in [7, 11) is -13.5. The zero-order chi connectivity index (χ0) is 27.5. The number of phosphoric acid groups is 3. The summed E-state index contributed by atoms with van der Waals surface area (Å²) in [5.74, 6) is 0. The molecule has 37 heavy (non-hydrogen) atoms. The molecule has 1 aliphatic heterocycles. The normalized spacial score (nSPS) is 30.1. The van der Waals surface area contributed by atoms with Crippen LogP contribution < -0.4 is 0 Å². The molecule has 12 nitrogen and oxygen atoms in total. The smallest absolute Gasteiger partial charge is 0.365 e. The number of phosphoric ester groups is 1. The molecule has 0 spiro atoms. The molecular formula is C20H29O12P3S2. The lowest BCUT2D eigenvalue weighted by Gasteiger charge is -2.23. The predicted octanol–water partition coefficient (Wildman–Crippen LogP) is 4.95. The molecule has 0 radical (unpaired) electrons. The van der Waals surface area contributed by atoms with Crippen LogP contribution in [0.5, 0.6) is 0 Å². The van der Waals surface area contributed by atoms with Gasteiger partial charge in [-0.05, 0) is 18.8 Å². The summed E-state index contributed by atoms with van der Waals surface area (Å²) >= 11 is 0. The van der Waals surface area contributed by atoms with E-state index in [1.165, 1.54) is 21.6 Å². The molecular weight excluding hydrogens is 589 g/mol. The van der Waals surface area contributed by atoms with Crippen LogP contribution in [0.3, 0.4) is 0 Å². The minimum atomic E-state index is -5.62. The Morgan fingerprint density at radius 3 is 2.14 bits per heavy atom. The minimum Gasteiger partial charge on any atom is -0.365 e. The average molecular weight is 618 g/mol. The fourth-order valence-corrected chi connectivity index (χ4v) is 7.59. The van der Waals surface area contributed by atoms with Crippen LogP contribution in [0, 0.1) is 0 Å². The van der Waals surface area contributed by atoms with Gasteiger partial charge in [0.15, 0.2) is 0 Å². The summed E-state index contributed by atoms with van der Waals surface area (Å²) in [6.45, 7) is 1.23. The molecule has 0 aromatic rings. The Morgan fingerprint density at radius 2 is 1.54 bits per heavy atom.